The minimum Gasteiger partial charge on any atom is -0.299 e. The molecule has 0 aromatic carbocycles. The molecule has 0 saturated heterocycles. The van der Waals surface area contributed by atoms with Crippen molar-refractivity contribution in [2.75, 3.05) is 0 Å². The van der Waals surface area contributed by atoms with E-state index in [0.717, 1.165) is 18.8 Å². The van der Waals surface area contributed by atoms with E-state index in [1.165, 1.54) is 12.8 Å². The van der Waals surface area contributed by atoms with Gasteiger partial charge in [-0.05, 0) is 30.6 Å². The lowest BCUT2D eigenvalue weighted by Gasteiger charge is -2.50. The van der Waals surface area contributed by atoms with E-state index in [2.05, 4.69) is 13.8 Å². The molecular formula is C10H16O. The van der Waals surface area contributed by atoms with Gasteiger partial charge in [0.15, 0.2) is 0 Å². The van der Waals surface area contributed by atoms with Gasteiger partial charge in [-0.3, -0.25) is 4.79 Å². The molecule has 0 heterocycles. The summed E-state index contributed by atoms with van der Waals surface area (Å²) in [5.41, 5.74) is 0.341. The summed E-state index contributed by atoms with van der Waals surface area (Å²) in [4.78, 5) is 11.5. The van der Waals surface area contributed by atoms with Gasteiger partial charge in [0.25, 0.3) is 0 Å². The first-order chi connectivity index (χ1) is 5.12. The highest BCUT2D eigenvalue weighted by Gasteiger charge is 2.51. The van der Waals surface area contributed by atoms with Crippen molar-refractivity contribution < 1.29 is 4.79 Å². The molecule has 0 radical (unpaired) electrons. The predicted octanol–water partition coefficient (Wildman–Crippen LogP) is 2.40. The molecule has 3 aliphatic carbocycles. The van der Waals surface area contributed by atoms with E-state index < -0.39 is 0 Å². The monoisotopic (exact) mass is 152 g/mol. The van der Waals surface area contributed by atoms with Gasteiger partial charge in [-0.1, -0.05) is 13.8 Å². The Morgan fingerprint density at radius 2 is 2.18 bits per heavy atom. The molecule has 2 atom stereocenters. The van der Waals surface area contributed by atoms with Gasteiger partial charge in [-0.25, -0.2) is 0 Å². The third-order valence-electron chi connectivity index (χ3n) is 3.83. The fourth-order valence-electron chi connectivity index (χ4n) is 2.75. The summed E-state index contributed by atoms with van der Waals surface area (Å²) in [6.07, 6.45) is 4.47. The third-order valence-corrected chi connectivity index (χ3v) is 3.83. The zero-order chi connectivity index (χ0) is 8.06. The molecule has 3 saturated carbocycles. The number of Topliss-reactive ketones (excluding diaryl/α,β-unsaturated/α-hetero) is 1. The summed E-state index contributed by atoms with van der Waals surface area (Å²) >= 11 is 0. The summed E-state index contributed by atoms with van der Waals surface area (Å²) in [7, 11) is 0. The lowest BCUT2D eigenvalue weighted by atomic mass is 9.54. The first kappa shape index (κ1) is 7.33. The van der Waals surface area contributed by atoms with E-state index in [-0.39, 0.29) is 0 Å². The number of carbonyl (C=O) groups is 1. The first-order valence-electron chi connectivity index (χ1n) is 4.65. The summed E-state index contributed by atoms with van der Waals surface area (Å²) in [6, 6.07) is 0. The van der Waals surface area contributed by atoms with Gasteiger partial charge in [0, 0.05) is 12.3 Å². The van der Waals surface area contributed by atoms with Crippen LogP contribution in [0.3, 0.4) is 0 Å². The summed E-state index contributed by atoms with van der Waals surface area (Å²) in [5.74, 6) is 1.79. The van der Waals surface area contributed by atoms with Crippen molar-refractivity contribution in [3.8, 4) is 0 Å². The molecule has 62 valence electrons. The second-order valence-corrected chi connectivity index (χ2v) is 4.67. The number of hydrogen-bond acceptors (Lipinski definition) is 1. The maximum Gasteiger partial charge on any atom is 0.136 e. The van der Waals surface area contributed by atoms with Crippen molar-refractivity contribution in [3.63, 3.8) is 0 Å². The molecule has 0 N–H and O–H groups in total. The van der Waals surface area contributed by atoms with Crippen molar-refractivity contribution >= 4 is 5.78 Å². The van der Waals surface area contributed by atoms with Crippen LogP contribution in [0, 0.1) is 17.3 Å². The Kier molecular flexibility index (Phi) is 1.39. The number of ketones is 1. The highest BCUT2D eigenvalue weighted by molar-refractivity contribution is 5.83. The first-order valence-corrected chi connectivity index (χ1v) is 4.65. The second kappa shape index (κ2) is 2.09. The van der Waals surface area contributed by atoms with Crippen LogP contribution < -0.4 is 0 Å². The Bertz CT molecular complexity index is 193. The van der Waals surface area contributed by atoms with Gasteiger partial charge in [0.05, 0.1) is 0 Å². The summed E-state index contributed by atoms with van der Waals surface area (Å²) in [5, 5.41) is 0. The Labute approximate surface area is 68.2 Å². The Balaban J connectivity index is 2.22. The van der Waals surface area contributed by atoms with Crippen LogP contribution in [-0.2, 0) is 4.79 Å². The van der Waals surface area contributed by atoms with Crippen LogP contribution in [0.5, 0.6) is 0 Å². The van der Waals surface area contributed by atoms with Gasteiger partial charge in [-0.2, -0.15) is 0 Å². The van der Waals surface area contributed by atoms with Crippen LogP contribution in [-0.4, -0.2) is 5.78 Å². The minimum atomic E-state index is 0.341. The topological polar surface area (TPSA) is 17.1 Å². The van der Waals surface area contributed by atoms with Gasteiger partial charge >= 0.3 is 0 Å². The minimum absolute atomic E-state index is 0.341. The Morgan fingerprint density at radius 3 is 2.82 bits per heavy atom. The molecule has 3 rings (SSSR count). The fourth-order valence-corrected chi connectivity index (χ4v) is 2.75. The van der Waals surface area contributed by atoms with Crippen molar-refractivity contribution in [1.29, 1.82) is 0 Å². The number of hydrogen-bond donors (Lipinski definition) is 0. The average Bonchev–Trinajstić information content (AvgIpc) is 2.17. The molecule has 1 heteroatoms. The maximum absolute atomic E-state index is 11.5. The van der Waals surface area contributed by atoms with Gasteiger partial charge in [-0.15, -0.1) is 0 Å². The largest absolute Gasteiger partial charge is 0.299 e. The van der Waals surface area contributed by atoms with Crippen molar-refractivity contribution in [3.05, 3.63) is 0 Å². The van der Waals surface area contributed by atoms with Crippen LogP contribution in [0.25, 0.3) is 0 Å². The zero-order valence-electron chi connectivity index (χ0n) is 7.39. The van der Waals surface area contributed by atoms with E-state index >= 15 is 0 Å². The number of carbonyl (C=O) groups excluding carboxylic acids is 1. The second-order valence-electron chi connectivity index (χ2n) is 4.67. The van der Waals surface area contributed by atoms with Crippen LogP contribution in [0.1, 0.15) is 39.5 Å². The van der Waals surface area contributed by atoms with E-state index in [0.29, 0.717) is 17.1 Å². The molecule has 3 aliphatic rings. The molecule has 3 fully saturated rings. The fraction of sp³-hybridized carbons (Fsp3) is 0.900. The molecule has 0 aromatic rings. The molecule has 0 spiro atoms. The van der Waals surface area contributed by atoms with Crippen molar-refractivity contribution in [2.24, 2.45) is 17.3 Å². The molecule has 2 bridgehead atoms. The third kappa shape index (κ3) is 0.863. The molecular weight excluding hydrogens is 136 g/mol. The lowest BCUT2D eigenvalue weighted by molar-refractivity contribution is -0.135. The van der Waals surface area contributed by atoms with E-state index in [1.807, 2.05) is 0 Å². The number of rotatable bonds is 0. The van der Waals surface area contributed by atoms with Gasteiger partial charge in [0.2, 0.25) is 0 Å². The van der Waals surface area contributed by atoms with Gasteiger partial charge < -0.3 is 0 Å². The molecule has 0 aliphatic heterocycles. The molecule has 0 unspecified atom stereocenters. The van der Waals surface area contributed by atoms with Crippen LogP contribution in [0.2, 0.25) is 0 Å². The summed E-state index contributed by atoms with van der Waals surface area (Å²) < 4.78 is 0. The van der Waals surface area contributed by atoms with Crippen LogP contribution >= 0.6 is 0 Å². The summed E-state index contributed by atoms with van der Waals surface area (Å²) in [6.45, 7) is 4.52. The SMILES string of the molecule is CC1(C)[C@H]2CCCC(=O)[C@H]1C2. The molecule has 0 amide bonds. The van der Waals surface area contributed by atoms with E-state index in [1.54, 1.807) is 0 Å². The Morgan fingerprint density at radius 1 is 1.45 bits per heavy atom. The van der Waals surface area contributed by atoms with Crippen molar-refractivity contribution in [1.82, 2.24) is 0 Å². The zero-order valence-corrected chi connectivity index (χ0v) is 7.39. The van der Waals surface area contributed by atoms with Gasteiger partial charge in [0.1, 0.15) is 5.78 Å². The highest BCUT2D eigenvalue weighted by Crippen LogP contribution is 2.55. The standard InChI is InChI=1S/C10H16O/c1-10(2)7-4-3-5-9(11)8(10)6-7/h7-8H,3-6H2,1-2H3/t7-,8+/m0/s1. The number of fused-ring (bicyclic) bond motifs is 3. The normalized spacial score (nSPS) is 41.1. The molecule has 1 nitrogen and oxygen atoms in total. The quantitative estimate of drug-likeness (QED) is 0.521. The van der Waals surface area contributed by atoms with Crippen LogP contribution in [0.15, 0.2) is 0 Å². The van der Waals surface area contributed by atoms with E-state index in [4.69, 9.17) is 0 Å². The smallest absolute Gasteiger partial charge is 0.136 e. The average molecular weight is 152 g/mol. The van der Waals surface area contributed by atoms with Crippen LogP contribution in [0.4, 0.5) is 0 Å². The predicted molar refractivity (Wildman–Crippen MR) is 44.2 cm³/mol. The van der Waals surface area contributed by atoms with E-state index in [9.17, 15) is 4.79 Å². The highest BCUT2D eigenvalue weighted by atomic mass is 16.1. The van der Waals surface area contributed by atoms with Crippen molar-refractivity contribution in [2.45, 2.75) is 39.5 Å². The maximum atomic E-state index is 11.5. The Hall–Kier alpha value is -0.330. The molecule has 11 heavy (non-hydrogen) atoms. The molecule has 0 aromatic heterocycles. The lowest BCUT2D eigenvalue weighted by Crippen LogP contribution is -2.46.